The van der Waals surface area contributed by atoms with Crippen molar-refractivity contribution in [2.24, 2.45) is 5.41 Å². The third kappa shape index (κ3) is 0.454. The van der Waals surface area contributed by atoms with Crippen LogP contribution in [-0.2, 0) is 9.53 Å². The van der Waals surface area contributed by atoms with Crippen molar-refractivity contribution in [1.29, 1.82) is 0 Å². The van der Waals surface area contributed by atoms with E-state index < -0.39 is 0 Å². The van der Waals surface area contributed by atoms with Gasteiger partial charge in [0.1, 0.15) is 0 Å². The Kier molecular flexibility index (Phi) is 0.971. The Morgan fingerprint density at radius 1 is 1.50 bits per heavy atom. The Morgan fingerprint density at radius 3 is 2.75 bits per heavy atom. The second-order valence-corrected chi connectivity index (χ2v) is 4.28. The minimum absolute atomic E-state index is 0.0150. The summed E-state index contributed by atoms with van der Waals surface area (Å²) < 4.78 is 4.87. The van der Waals surface area contributed by atoms with Crippen LogP contribution in [0.3, 0.4) is 0 Å². The minimum Gasteiger partial charge on any atom is -0.469 e. The molecule has 2 saturated carbocycles. The number of carbonyl (C=O) groups excluding carboxylic acids is 1. The highest BCUT2D eigenvalue weighted by molar-refractivity contribution is 5.82. The summed E-state index contributed by atoms with van der Waals surface area (Å²) in [6.45, 7) is 0. The number of carbonyl (C=O) groups is 1. The summed E-state index contributed by atoms with van der Waals surface area (Å²) >= 11 is 0. The van der Waals surface area contributed by atoms with Crippen LogP contribution in [0.5, 0.6) is 0 Å². The van der Waals surface area contributed by atoms with Crippen LogP contribution >= 0.6 is 0 Å². The van der Waals surface area contributed by atoms with Crippen molar-refractivity contribution in [2.45, 2.75) is 37.3 Å². The van der Waals surface area contributed by atoms with Gasteiger partial charge in [-0.25, -0.2) is 0 Å². The molecule has 3 aliphatic rings. The molecule has 0 bridgehead atoms. The number of methoxy groups -OCH3 is 1. The van der Waals surface area contributed by atoms with Crippen LogP contribution in [0.1, 0.15) is 25.7 Å². The summed E-state index contributed by atoms with van der Waals surface area (Å²) in [4.78, 5) is 11.6. The van der Waals surface area contributed by atoms with Crippen molar-refractivity contribution in [3.63, 3.8) is 0 Å². The fourth-order valence-electron chi connectivity index (χ4n) is 3.32. The van der Waals surface area contributed by atoms with E-state index in [0.29, 0.717) is 6.04 Å². The van der Waals surface area contributed by atoms with E-state index >= 15 is 0 Å². The summed E-state index contributed by atoms with van der Waals surface area (Å²) in [6, 6.07) is 0.630. The number of hydrogen-bond donors (Lipinski definition) is 1. The van der Waals surface area contributed by atoms with Gasteiger partial charge < -0.3 is 10.1 Å². The van der Waals surface area contributed by atoms with E-state index in [0.717, 1.165) is 19.3 Å². The van der Waals surface area contributed by atoms with Crippen molar-refractivity contribution >= 4 is 5.97 Å². The van der Waals surface area contributed by atoms with Crippen LogP contribution < -0.4 is 5.32 Å². The number of esters is 1. The molecule has 1 spiro atoms. The molecule has 0 aromatic heterocycles. The molecule has 1 aliphatic heterocycles. The lowest BCUT2D eigenvalue weighted by Crippen LogP contribution is -2.54. The zero-order chi connectivity index (χ0) is 8.40. The zero-order valence-electron chi connectivity index (χ0n) is 7.22. The molecule has 0 radical (unpaired) electrons. The molecule has 0 amide bonds. The smallest absolute Gasteiger partial charge is 0.313 e. The van der Waals surface area contributed by atoms with Gasteiger partial charge in [-0.3, -0.25) is 4.79 Å². The lowest BCUT2D eigenvalue weighted by molar-refractivity contribution is -0.161. The second-order valence-electron chi connectivity index (χ2n) is 4.28. The summed E-state index contributed by atoms with van der Waals surface area (Å²) in [6.07, 6.45) is 4.41. The third-order valence-electron chi connectivity index (χ3n) is 4.18. The molecular weight excluding hydrogens is 154 g/mol. The maximum absolute atomic E-state index is 11.6. The highest BCUT2D eigenvalue weighted by atomic mass is 16.5. The van der Waals surface area contributed by atoms with Crippen molar-refractivity contribution in [3.05, 3.63) is 0 Å². The van der Waals surface area contributed by atoms with E-state index in [1.807, 2.05) is 0 Å². The average molecular weight is 167 g/mol. The van der Waals surface area contributed by atoms with Gasteiger partial charge in [-0.05, 0) is 25.7 Å². The Bertz CT molecular complexity index is 259. The maximum Gasteiger partial charge on any atom is 0.313 e. The van der Waals surface area contributed by atoms with Crippen LogP contribution in [0.2, 0.25) is 0 Å². The van der Waals surface area contributed by atoms with E-state index in [4.69, 9.17) is 4.74 Å². The first kappa shape index (κ1) is 6.89. The first-order chi connectivity index (χ1) is 5.75. The zero-order valence-corrected chi connectivity index (χ0v) is 7.22. The molecule has 0 aromatic rings. The monoisotopic (exact) mass is 167 g/mol. The van der Waals surface area contributed by atoms with Crippen molar-refractivity contribution in [2.75, 3.05) is 7.11 Å². The van der Waals surface area contributed by atoms with Crippen LogP contribution in [0.15, 0.2) is 0 Å². The molecule has 1 heterocycles. The lowest BCUT2D eigenvalue weighted by Gasteiger charge is -2.44. The largest absolute Gasteiger partial charge is 0.469 e. The van der Waals surface area contributed by atoms with Gasteiger partial charge in [0.05, 0.1) is 18.1 Å². The van der Waals surface area contributed by atoms with Gasteiger partial charge in [-0.15, -0.1) is 0 Å². The molecule has 12 heavy (non-hydrogen) atoms. The fourth-order valence-corrected chi connectivity index (χ4v) is 3.32. The highest BCUT2D eigenvalue weighted by Crippen LogP contribution is 2.67. The Balaban J connectivity index is 1.96. The predicted octanol–water partition coefficient (Wildman–Crippen LogP) is 0.444. The van der Waals surface area contributed by atoms with Gasteiger partial charge in [0, 0.05) is 6.04 Å². The summed E-state index contributed by atoms with van der Waals surface area (Å²) in [7, 11) is 1.50. The first-order valence-corrected chi connectivity index (χ1v) is 4.61. The SMILES string of the molecule is COC(=O)C12CCC3NC31CC2. The number of rotatable bonds is 1. The third-order valence-corrected chi connectivity index (χ3v) is 4.18. The molecule has 1 N–H and O–H groups in total. The van der Waals surface area contributed by atoms with Crippen LogP contribution in [-0.4, -0.2) is 24.7 Å². The number of piperidine rings is 1. The quantitative estimate of drug-likeness (QED) is 0.455. The molecule has 3 rings (SSSR count). The van der Waals surface area contributed by atoms with Crippen LogP contribution in [0.4, 0.5) is 0 Å². The molecule has 1 saturated heterocycles. The van der Waals surface area contributed by atoms with E-state index in [1.165, 1.54) is 13.5 Å². The topological polar surface area (TPSA) is 48.2 Å². The molecule has 2 aliphatic carbocycles. The average Bonchev–Trinajstić information content (AvgIpc) is 2.75. The fraction of sp³-hybridized carbons (Fsp3) is 0.889. The molecule has 66 valence electrons. The number of hydrogen-bond acceptors (Lipinski definition) is 3. The molecule has 3 unspecified atom stereocenters. The van der Waals surface area contributed by atoms with Crippen LogP contribution in [0.25, 0.3) is 0 Å². The second kappa shape index (κ2) is 1.69. The van der Waals surface area contributed by atoms with Crippen LogP contribution in [0, 0.1) is 5.41 Å². The molecule has 0 aromatic carbocycles. The summed E-state index contributed by atoms with van der Waals surface area (Å²) in [5, 5.41) is 3.44. The minimum atomic E-state index is -0.119. The predicted molar refractivity (Wildman–Crippen MR) is 42.6 cm³/mol. The first-order valence-electron chi connectivity index (χ1n) is 4.61. The molecular formula is C9H13NO2. The maximum atomic E-state index is 11.6. The van der Waals surface area contributed by atoms with Crippen molar-refractivity contribution < 1.29 is 9.53 Å². The van der Waals surface area contributed by atoms with Gasteiger partial charge in [-0.1, -0.05) is 0 Å². The Labute approximate surface area is 71.5 Å². The molecule has 3 fully saturated rings. The van der Waals surface area contributed by atoms with Gasteiger partial charge in [0.25, 0.3) is 0 Å². The van der Waals surface area contributed by atoms with Gasteiger partial charge in [0.2, 0.25) is 0 Å². The van der Waals surface area contributed by atoms with Crippen molar-refractivity contribution in [1.82, 2.24) is 5.32 Å². The Morgan fingerprint density at radius 2 is 2.33 bits per heavy atom. The summed E-state index contributed by atoms with van der Waals surface area (Å²) in [5.41, 5.74) is 0.0759. The van der Waals surface area contributed by atoms with E-state index in [1.54, 1.807) is 0 Å². The van der Waals surface area contributed by atoms with Gasteiger partial charge >= 0.3 is 5.97 Å². The highest BCUT2D eigenvalue weighted by Gasteiger charge is 2.79. The molecule has 3 atom stereocenters. The van der Waals surface area contributed by atoms with E-state index in [-0.39, 0.29) is 16.9 Å². The van der Waals surface area contributed by atoms with Gasteiger partial charge in [-0.2, -0.15) is 0 Å². The van der Waals surface area contributed by atoms with Gasteiger partial charge in [0.15, 0.2) is 0 Å². The lowest BCUT2D eigenvalue weighted by atomic mass is 9.60. The van der Waals surface area contributed by atoms with Crippen molar-refractivity contribution in [3.8, 4) is 0 Å². The number of nitrogens with one attached hydrogen (secondary N) is 1. The van der Waals surface area contributed by atoms with E-state index in [9.17, 15) is 4.79 Å². The molecule has 3 heteroatoms. The standard InChI is InChI=1S/C9H13NO2/c1-12-7(11)8-3-2-6-9(8,10-6)5-4-8/h6,10H,2-5H2,1H3. The number of ether oxygens (including phenoxy) is 1. The Hall–Kier alpha value is -0.570. The van der Waals surface area contributed by atoms with E-state index in [2.05, 4.69) is 5.32 Å². The summed E-state index contributed by atoms with van der Waals surface area (Å²) in [5.74, 6) is 0.0150. The normalized spacial score (nSPS) is 53.6. The molecule has 3 nitrogen and oxygen atoms in total.